The van der Waals surface area contributed by atoms with Crippen LogP contribution in [-0.2, 0) is 0 Å². The number of nitro groups is 1. The Balaban J connectivity index is 2.08. The van der Waals surface area contributed by atoms with Crippen molar-refractivity contribution in [3.8, 4) is 5.75 Å². The van der Waals surface area contributed by atoms with Crippen molar-refractivity contribution < 1.29 is 9.66 Å². The molecule has 18 heavy (non-hydrogen) atoms. The van der Waals surface area contributed by atoms with Gasteiger partial charge in [-0.05, 0) is 41.9 Å². The summed E-state index contributed by atoms with van der Waals surface area (Å²) in [6.07, 6.45) is 1.11. The van der Waals surface area contributed by atoms with Crippen LogP contribution < -0.4 is 10.1 Å². The minimum atomic E-state index is -0.384. The maximum atomic E-state index is 10.8. The number of hydrogen-bond donors (Lipinski definition) is 1. The van der Waals surface area contributed by atoms with E-state index in [0.717, 1.165) is 19.5 Å². The van der Waals surface area contributed by atoms with Crippen molar-refractivity contribution in [1.82, 2.24) is 5.32 Å². The fourth-order valence-electron chi connectivity index (χ4n) is 2.02. The Labute approximate surface area is 114 Å². The number of nitrogens with zero attached hydrogens (tertiary/aromatic N) is 1. The highest BCUT2D eigenvalue weighted by molar-refractivity contribution is 9.10. The predicted octanol–water partition coefficient (Wildman–Crippen LogP) is 2.65. The quantitative estimate of drug-likeness (QED) is 0.685. The highest BCUT2D eigenvalue weighted by Crippen LogP contribution is 2.32. The zero-order chi connectivity index (χ0) is 13.1. The van der Waals surface area contributed by atoms with Crippen LogP contribution in [0, 0.1) is 23.0 Å². The summed E-state index contributed by atoms with van der Waals surface area (Å²) in [5, 5.41) is 14.1. The van der Waals surface area contributed by atoms with Crippen molar-refractivity contribution in [1.29, 1.82) is 0 Å². The first-order valence-electron chi connectivity index (χ1n) is 5.86. The summed E-state index contributed by atoms with van der Waals surface area (Å²) in [5.74, 6) is 1.19. The predicted molar refractivity (Wildman–Crippen MR) is 72.0 cm³/mol. The maximum absolute atomic E-state index is 10.8. The van der Waals surface area contributed by atoms with Crippen molar-refractivity contribution in [2.24, 2.45) is 5.92 Å². The number of halogens is 1. The third-order valence-electron chi connectivity index (χ3n) is 3.08. The molecule has 0 spiro atoms. The van der Waals surface area contributed by atoms with Crippen LogP contribution in [0.2, 0.25) is 0 Å². The third kappa shape index (κ3) is 3.00. The summed E-state index contributed by atoms with van der Waals surface area (Å²) in [6.45, 7) is 4.37. The molecule has 1 fully saturated rings. The Morgan fingerprint density at radius 1 is 1.61 bits per heavy atom. The van der Waals surface area contributed by atoms with Crippen LogP contribution in [0.25, 0.3) is 0 Å². The van der Waals surface area contributed by atoms with Gasteiger partial charge in [-0.1, -0.05) is 0 Å². The van der Waals surface area contributed by atoms with Crippen LogP contribution in [-0.4, -0.2) is 24.6 Å². The molecule has 5 nitrogen and oxygen atoms in total. The fourth-order valence-corrected chi connectivity index (χ4v) is 2.46. The van der Waals surface area contributed by atoms with Crippen LogP contribution in [0.15, 0.2) is 16.6 Å². The van der Waals surface area contributed by atoms with Gasteiger partial charge < -0.3 is 10.1 Å². The molecule has 1 unspecified atom stereocenters. The molecule has 1 aliphatic heterocycles. The molecule has 2 rings (SSSR count). The van der Waals surface area contributed by atoms with Gasteiger partial charge in [-0.15, -0.1) is 0 Å². The second kappa shape index (κ2) is 5.67. The SMILES string of the molecule is Cc1cc(OCC2CCNC2)c(Br)cc1[N+](=O)[O-]. The van der Waals surface area contributed by atoms with E-state index in [4.69, 9.17) is 4.74 Å². The lowest BCUT2D eigenvalue weighted by Crippen LogP contribution is -2.15. The lowest BCUT2D eigenvalue weighted by atomic mass is 10.1. The Morgan fingerprint density at radius 3 is 3.00 bits per heavy atom. The van der Waals surface area contributed by atoms with Gasteiger partial charge in [-0.25, -0.2) is 0 Å². The topological polar surface area (TPSA) is 64.4 Å². The molecule has 0 amide bonds. The van der Waals surface area contributed by atoms with E-state index in [9.17, 15) is 10.1 Å². The average molecular weight is 315 g/mol. The molecule has 1 heterocycles. The summed E-state index contributed by atoms with van der Waals surface area (Å²) in [6, 6.07) is 3.21. The number of rotatable bonds is 4. The van der Waals surface area contributed by atoms with E-state index in [1.165, 1.54) is 6.07 Å². The van der Waals surface area contributed by atoms with Crippen LogP contribution >= 0.6 is 15.9 Å². The van der Waals surface area contributed by atoms with Gasteiger partial charge in [0.2, 0.25) is 0 Å². The first kappa shape index (κ1) is 13.3. The molecule has 1 aromatic carbocycles. The van der Waals surface area contributed by atoms with Crippen molar-refractivity contribution in [2.75, 3.05) is 19.7 Å². The molecule has 0 saturated carbocycles. The molecule has 98 valence electrons. The molecule has 0 bridgehead atoms. The first-order chi connectivity index (χ1) is 8.58. The number of aryl methyl sites for hydroxylation is 1. The number of hydrogen-bond acceptors (Lipinski definition) is 4. The van der Waals surface area contributed by atoms with Crippen molar-refractivity contribution >= 4 is 21.6 Å². The smallest absolute Gasteiger partial charge is 0.273 e. The molecule has 1 N–H and O–H groups in total. The van der Waals surface area contributed by atoms with Crippen molar-refractivity contribution in [2.45, 2.75) is 13.3 Å². The molecule has 0 aromatic heterocycles. The largest absolute Gasteiger partial charge is 0.492 e. The average Bonchev–Trinajstić information content (AvgIpc) is 2.82. The summed E-state index contributed by atoms with van der Waals surface area (Å²) < 4.78 is 6.36. The lowest BCUT2D eigenvalue weighted by molar-refractivity contribution is -0.385. The van der Waals surface area contributed by atoms with Crippen LogP contribution in [0.4, 0.5) is 5.69 Å². The lowest BCUT2D eigenvalue weighted by Gasteiger charge is -2.12. The van der Waals surface area contributed by atoms with E-state index >= 15 is 0 Å². The minimum absolute atomic E-state index is 0.108. The van der Waals surface area contributed by atoms with Gasteiger partial charge >= 0.3 is 0 Å². The number of nitrogens with one attached hydrogen (secondary N) is 1. The van der Waals surface area contributed by atoms with Gasteiger partial charge in [0.1, 0.15) is 5.75 Å². The van der Waals surface area contributed by atoms with E-state index < -0.39 is 0 Å². The van der Waals surface area contributed by atoms with Gasteiger partial charge in [-0.2, -0.15) is 0 Å². The second-order valence-corrected chi connectivity index (χ2v) is 5.35. The minimum Gasteiger partial charge on any atom is -0.492 e. The molecule has 6 heteroatoms. The number of nitro benzene ring substituents is 1. The summed E-state index contributed by atoms with van der Waals surface area (Å²) >= 11 is 3.31. The highest BCUT2D eigenvalue weighted by Gasteiger charge is 2.18. The highest BCUT2D eigenvalue weighted by atomic mass is 79.9. The summed E-state index contributed by atoms with van der Waals surface area (Å²) in [5.41, 5.74) is 0.722. The molecule has 0 aliphatic carbocycles. The summed E-state index contributed by atoms with van der Waals surface area (Å²) in [7, 11) is 0. The zero-order valence-electron chi connectivity index (χ0n) is 10.1. The van der Waals surface area contributed by atoms with Crippen LogP contribution in [0.1, 0.15) is 12.0 Å². The number of ether oxygens (including phenoxy) is 1. The second-order valence-electron chi connectivity index (χ2n) is 4.50. The van der Waals surface area contributed by atoms with Crippen molar-refractivity contribution in [3.05, 3.63) is 32.3 Å². The van der Waals surface area contributed by atoms with E-state index in [0.29, 0.717) is 28.3 Å². The standard InChI is InChI=1S/C12H15BrN2O3/c1-8-4-12(10(13)5-11(8)15(16)17)18-7-9-2-3-14-6-9/h4-5,9,14H,2-3,6-7H2,1H3. The first-order valence-corrected chi connectivity index (χ1v) is 6.65. The normalized spacial score (nSPS) is 18.9. The zero-order valence-corrected chi connectivity index (χ0v) is 11.7. The molecule has 1 aromatic rings. The van der Waals surface area contributed by atoms with Gasteiger partial charge in [0, 0.05) is 24.1 Å². The Hall–Kier alpha value is -1.14. The Morgan fingerprint density at radius 2 is 2.39 bits per heavy atom. The van der Waals surface area contributed by atoms with Crippen molar-refractivity contribution in [3.63, 3.8) is 0 Å². The van der Waals surface area contributed by atoms with Crippen LogP contribution in [0.5, 0.6) is 5.75 Å². The van der Waals surface area contributed by atoms with Gasteiger partial charge in [0.25, 0.3) is 5.69 Å². The van der Waals surface area contributed by atoms with E-state index in [1.54, 1.807) is 13.0 Å². The van der Waals surface area contributed by atoms with Gasteiger partial charge in [0.15, 0.2) is 0 Å². The molecular formula is C12H15BrN2O3. The van der Waals surface area contributed by atoms with E-state index in [1.807, 2.05) is 0 Å². The molecule has 1 aliphatic rings. The Bertz CT molecular complexity index is 459. The molecule has 1 atom stereocenters. The van der Waals surface area contributed by atoms with Gasteiger partial charge in [-0.3, -0.25) is 10.1 Å². The summed E-state index contributed by atoms with van der Waals surface area (Å²) in [4.78, 5) is 10.4. The van der Waals surface area contributed by atoms with Crippen LogP contribution in [0.3, 0.4) is 0 Å². The van der Waals surface area contributed by atoms with E-state index in [2.05, 4.69) is 21.2 Å². The van der Waals surface area contributed by atoms with E-state index in [-0.39, 0.29) is 10.6 Å². The maximum Gasteiger partial charge on any atom is 0.273 e. The molecule has 0 radical (unpaired) electrons. The third-order valence-corrected chi connectivity index (χ3v) is 3.70. The van der Waals surface area contributed by atoms with Gasteiger partial charge in [0.05, 0.1) is 16.0 Å². The molecule has 1 saturated heterocycles. The monoisotopic (exact) mass is 314 g/mol. The fraction of sp³-hybridized carbons (Fsp3) is 0.500. The molecular weight excluding hydrogens is 300 g/mol. The number of benzene rings is 1. The Kier molecular flexibility index (Phi) is 4.19.